The molecule has 1 atom stereocenters. The molecule has 0 saturated carbocycles. The summed E-state index contributed by atoms with van der Waals surface area (Å²) in [5.74, 6) is 0. The van der Waals surface area contributed by atoms with Gasteiger partial charge in [0.25, 0.3) is 5.69 Å². The fraction of sp³-hybridized carbons (Fsp3) is 0.600. The van der Waals surface area contributed by atoms with E-state index in [1.54, 1.807) is 12.1 Å². The number of nitrogens with one attached hydrogen (secondary N) is 1. The van der Waals surface area contributed by atoms with Gasteiger partial charge in [0, 0.05) is 29.2 Å². The maximum Gasteiger partial charge on any atom is 0.273 e. The number of unbranched alkanes of at least 4 members (excludes halogenated alkanes) is 1. The zero-order chi connectivity index (χ0) is 15.0. The lowest BCUT2D eigenvalue weighted by Crippen LogP contribution is -2.28. The Kier molecular flexibility index (Phi) is 7.55. The van der Waals surface area contributed by atoms with Crippen molar-refractivity contribution < 1.29 is 4.92 Å². The molecule has 4 nitrogen and oxygen atoms in total. The van der Waals surface area contributed by atoms with E-state index in [2.05, 4.69) is 19.2 Å². The van der Waals surface area contributed by atoms with Crippen molar-refractivity contribution in [2.45, 2.75) is 58.5 Å². The Bertz CT molecular complexity index is 438. The molecular weight excluding hydrogens is 276 g/mol. The third-order valence-electron chi connectivity index (χ3n) is 3.36. The summed E-state index contributed by atoms with van der Waals surface area (Å²) < 4.78 is 0. The number of nitro groups is 1. The number of nitro benzene ring substituents is 1. The van der Waals surface area contributed by atoms with Gasteiger partial charge in [0.15, 0.2) is 0 Å². The summed E-state index contributed by atoms with van der Waals surface area (Å²) in [6, 6.07) is 5.12. The normalized spacial score (nSPS) is 12.3. The highest BCUT2D eigenvalue weighted by Gasteiger charge is 2.15. The minimum absolute atomic E-state index is 0.132. The molecule has 1 unspecified atom stereocenters. The van der Waals surface area contributed by atoms with Crippen LogP contribution < -0.4 is 5.32 Å². The molecule has 1 rings (SSSR count). The summed E-state index contributed by atoms with van der Waals surface area (Å²) in [6.45, 7) is 4.82. The summed E-state index contributed by atoms with van der Waals surface area (Å²) in [6.07, 6.45) is 5.65. The van der Waals surface area contributed by atoms with Crippen molar-refractivity contribution in [2.24, 2.45) is 0 Å². The van der Waals surface area contributed by atoms with E-state index in [1.165, 1.54) is 18.9 Å². The number of rotatable bonds is 9. The van der Waals surface area contributed by atoms with Gasteiger partial charge in [-0.25, -0.2) is 0 Å². The van der Waals surface area contributed by atoms with Crippen LogP contribution in [0.3, 0.4) is 0 Å². The molecule has 0 heterocycles. The molecule has 1 aromatic rings. The Morgan fingerprint density at radius 1 is 1.30 bits per heavy atom. The molecule has 0 aliphatic rings. The highest BCUT2D eigenvalue weighted by atomic mass is 35.5. The molecule has 0 bridgehead atoms. The van der Waals surface area contributed by atoms with Gasteiger partial charge in [-0.15, -0.1) is 0 Å². The fourth-order valence-electron chi connectivity index (χ4n) is 2.28. The molecule has 0 aliphatic heterocycles. The molecule has 0 radical (unpaired) electrons. The molecular formula is C15H23ClN2O2. The second-order valence-electron chi connectivity index (χ2n) is 5.04. The predicted molar refractivity (Wildman–Crippen MR) is 83.2 cm³/mol. The van der Waals surface area contributed by atoms with E-state index < -0.39 is 0 Å². The molecule has 0 amide bonds. The summed E-state index contributed by atoms with van der Waals surface area (Å²) in [5, 5.41) is 15.0. The Balaban J connectivity index is 2.70. The minimum atomic E-state index is -0.353. The van der Waals surface area contributed by atoms with E-state index in [4.69, 9.17) is 11.6 Å². The summed E-state index contributed by atoms with van der Waals surface area (Å²) in [7, 11) is 0. The van der Waals surface area contributed by atoms with Crippen LogP contribution in [0, 0.1) is 10.1 Å². The lowest BCUT2D eigenvalue weighted by atomic mass is 10.0. The lowest BCUT2D eigenvalue weighted by Gasteiger charge is -2.18. The lowest BCUT2D eigenvalue weighted by molar-refractivity contribution is -0.385. The van der Waals surface area contributed by atoms with Gasteiger partial charge in [-0.1, -0.05) is 44.7 Å². The van der Waals surface area contributed by atoms with Crippen molar-refractivity contribution in [3.63, 3.8) is 0 Å². The van der Waals surface area contributed by atoms with Gasteiger partial charge in [0.1, 0.15) is 0 Å². The second-order valence-corrected chi connectivity index (χ2v) is 5.48. The molecule has 1 N–H and O–H groups in total. The second kappa shape index (κ2) is 8.93. The van der Waals surface area contributed by atoms with Crippen molar-refractivity contribution >= 4 is 17.3 Å². The highest BCUT2D eigenvalue weighted by Crippen LogP contribution is 2.23. The van der Waals surface area contributed by atoms with Gasteiger partial charge in [-0.3, -0.25) is 10.1 Å². The number of halogens is 1. The van der Waals surface area contributed by atoms with E-state index in [9.17, 15) is 10.1 Å². The Morgan fingerprint density at radius 2 is 2.05 bits per heavy atom. The molecule has 0 fully saturated rings. The molecule has 0 aliphatic carbocycles. The van der Waals surface area contributed by atoms with Gasteiger partial charge >= 0.3 is 0 Å². The molecule has 0 saturated heterocycles. The van der Waals surface area contributed by atoms with Crippen LogP contribution in [-0.2, 0) is 6.54 Å². The summed E-state index contributed by atoms with van der Waals surface area (Å²) >= 11 is 5.93. The smallest absolute Gasteiger partial charge is 0.273 e. The molecule has 1 aromatic carbocycles. The van der Waals surface area contributed by atoms with Crippen LogP contribution >= 0.6 is 11.6 Å². The van der Waals surface area contributed by atoms with E-state index >= 15 is 0 Å². The van der Waals surface area contributed by atoms with E-state index in [0.717, 1.165) is 19.3 Å². The Labute approximate surface area is 125 Å². The first-order valence-corrected chi connectivity index (χ1v) is 7.62. The SMILES string of the molecule is CCCCC(CCC)NCc1cc(Cl)ccc1[N+](=O)[O-]. The van der Waals surface area contributed by atoms with E-state index in [0.29, 0.717) is 23.2 Å². The van der Waals surface area contributed by atoms with Gasteiger partial charge in [-0.2, -0.15) is 0 Å². The van der Waals surface area contributed by atoms with Crippen LogP contribution in [0.2, 0.25) is 5.02 Å². The molecule has 112 valence electrons. The third-order valence-corrected chi connectivity index (χ3v) is 3.60. The van der Waals surface area contributed by atoms with Crippen molar-refractivity contribution in [3.05, 3.63) is 38.9 Å². The third kappa shape index (κ3) is 5.47. The van der Waals surface area contributed by atoms with Crippen LogP contribution in [0.25, 0.3) is 0 Å². The van der Waals surface area contributed by atoms with Crippen LogP contribution in [0.1, 0.15) is 51.5 Å². The van der Waals surface area contributed by atoms with Crippen LogP contribution in [-0.4, -0.2) is 11.0 Å². The number of nitrogens with zero attached hydrogens (tertiary/aromatic N) is 1. The van der Waals surface area contributed by atoms with E-state index in [-0.39, 0.29) is 10.6 Å². The largest absolute Gasteiger partial charge is 0.310 e. The number of hydrogen-bond donors (Lipinski definition) is 1. The number of hydrogen-bond acceptors (Lipinski definition) is 3. The molecule has 0 spiro atoms. The van der Waals surface area contributed by atoms with Gasteiger partial charge < -0.3 is 5.32 Å². The number of benzene rings is 1. The standard InChI is InChI=1S/C15H23ClN2O2/c1-3-5-7-14(6-4-2)17-11-12-10-13(16)8-9-15(12)18(19)20/h8-10,14,17H,3-7,11H2,1-2H3. The van der Waals surface area contributed by atoms with Crippen molar-refractivity contribution in [1.29, 1.82) is 0 Å². The first kappa shape index (κ1) is 16.9. The fourth-order valence-corrected chi connectivity index (χ4v) is 2.47. The monoisotopic (exact) mass is 298 g/mol. The Hall–Kier alpha value is -1.13. The quantitative estimate of drug-likeness (QED) is 0.531. The molecule has 0 aromatic heterocycles. The molecule has 5 heteroatoms. The Morgan fingerprint density at radius 3 is 2.65 bits per heavy atom. The van der Waals surface area contributed by atoms with Gasteiger partial charge in [-0.05, 0) is 25.0 Å². The maximum absolute atomic E-state index is 11.0. The first-order valence-electron chi connectivity index (χ1n) is 7.24. The van der Waals surface area contributed by atoms with Crippen molar-refractivity contribution in [1.82, 2.24) is 5.32 Å². The van der Waals surface area contributed by atoms with Gasteiger partial charge in [0.2, 0.25) is 0 Å². The zero-order valence-corrected chi connectivity index (χ0v) is 12.9. The van der Waals surface area contributed by atoms with Crippen LogP contribution in [0.4, 0.5) is 5.69 Å². The van der Waals surface area contributed by atoms with Crippen LogP contribution in [0.15, 0.2) is 18.2 Å². The topological polar surface area (TPSA) is 55.2 Å². The zero-order valence-electron chi connectivity index (χ0n) is 12.2. The van der Waals surface area contributed by atoms with Crippen molar-refractivity contribution in [3.8, 4) is 0 Å². The summed E-state index contributed by atoms with van der Waals surface area (Å²) in [5.41, 5.74) is 0.785. The first-order chi connectivity index (χ1) is 9.58. The van der Waals surface area contributed by atoms with Crippen LogP contribution in [0.5, 0.6) is 0 Å². The average molecular weight is 299 g/mol. The highest BCUT2D eigenvalue weighted by molar-refractivity contribution is 6.30. The average Bonchev–Trinajstić information content (AvgIpc) is 2.41. The van der Waals surface area contributed by atoms with Gasteiger partial charge in [0.05, 0.1) is 4.92 Å². The predicted octanol–water partition coefficient (Wildman–Crippen LogP) is 4.70. The molecule has 20 heavy (non-hydrogen) atoms. The minimum Gasteiger partial charge on any atom is -0.310 e. The van der Waals surface area contributed by atoms with Crippen molar-refractivity contribution in [2.75, 3.05) is 0 Å². The van der Waals surface area contributed by atoms with E-state index in [1.807, 2.05) is 0 Å². The summed E-state index contributed by atoms with van der Waals surface area (Å²) in [4.78, 5) is 10.7. The maximum atomic E-state index is 11.0.